The van der Waals surface area contributed by atoms with Crippen LogP contribution in [0.3, 0.4) is 0 Å². The molecule has 154 valence electrons. The molecule has 1 aromatic carbocycles. The molecule has 2 aromatic rings. The number of hydrogen-bond acceptors (Lipinski definition) is 4. The molecule has 2 aliphatic rings. The van der Waals surface area contributed by atoms with Crippen molar-refractivity contribution in [1.82, 2.24) is 14.8 Å². The van der Waals surface area contributed by atoms with Gasteiger partial charge in [0.2, 0.25) is 5.91 Å². The Morgan fingerprint density at radius 1 is 1.14 bits per heavy atom. The zero-order chi connectivity index (χ0) is 20.2. The fraction of sp³-hybridized carbons (Fsp3) is 0.478. The van der Waals surface area contributed by atoms with Gasteiger partial charge in [0.1, 0.15) is 0 Å². The summed E-state index contributed by atoms with van der Waals surface area (Å²) in [4.78, 5) is 26.5. The molecule has 3 heterocycles. The highest BCUT2D eigenvalue weighted by Gasteiger charge is 2.40. The lowest BCUT2D eigenvalue weighted by Crippen LogP contribution is -2.52. The van der Waals surface area contributed by atoms with Crippen molar-refractivity contribution in [2.24, 2.45) is 5.92 Å². The van der Waals surface area contributed by atoms with Crippen LogP contribution in [-0.2, 0) is 16.1 Å². The van der Waals surface area contributed by atoms with Crippen LogP contribution in [0.4, 0.5) is 0 Å². The van der Waals surface area contributed by atoms with Crippen molar-refractivity contribution in [3.05, 3.63) is 70.1 Å². The van der Waals surface area contributed by atoms with Crippen LogP contribution < -0.4 is 10.9 Å². The van der Waals surface area contributed by atoms with E-state index in [4.69, 9.17) is 4.74 Å². The molecule has 2 aliphatic heterocycles. The third-order valence-corrected chi connectivity index (χ3v) is 6.10. The number of pyridine rings is 1. The van der Waals surface area contributed by atoms with Crippen molar-refractivity contribution in [3.63, 3.8) is 0 Å². The van der Waals surface area contributed by atoms with Crippen LogP contribution in [0, 0.1) is 5.92 Å². The summed E-state index contributed by atoms with van der Waals surface area (Å²) in [6.07, 6.45) is 1.06. The van der Waals surface area contributed by atoms with E-state index in [2.05, 4.69) is 28.4 Å². The van der Waals surface area contributed by atoms with Crippen LogP contribution >= 0.6 is 0 Å². The van der Waals surface area contributed by atoms with Crippen molar-refractivity contribution >= 4 is 5.91 Å². The Morgan fingerprint density at radius 2 is 1.97 bits per heavy atom. The Morgan fingerprint density at radius 3 is 2.76 bits per heavy atom. The molecule has 0 radical (unpaired) electrons. The van der Waals surface area contributed by atoms with E-state index in [1.807, 2.05) is 28.8 Å². The summed E-state index contributed by atoms with van der Waals surface area (Å²) in [5.74, 6) is 0.646. The molecular formula is C23H29N3O3. The Bertz CT molecular complexity index is 896. The van der Waals surface area contributed by atoms with Crippen LogP contribution in [-0.4, -0.2) is 48.2 Å². The molecule has 0 saturated carbocycles. The topological polar surface area (TPSA) is 63.6 Å². The number of nitrogens with zero attached hydrogens (tertiary/aromatic N) is 2. The second kappa shape index (κ2) is 8.93. The molecule has 1 saturated heterocycles. The lowest BCUT2D eigenvalue weighted by atomic mass is 9.78. The Hall–Kier alpha value is -2.44. The molecule has 0 spiro atoms. The molecule has 1 aromatic heterocycles. The van der Waals surface area contributed by atoms with Crippen molar-refractivity contribution < 1.29 is 9.53 Å². The van der Waals surface area contributed by atoms with E-state index in [1.165, 1.54) is 12.5 Å². The van der Waals surface area contributed by atoms with Crippen LogP contribution in [0.15, 0.2) is 53.3 Å². The van der Waals surface area contributed by atoms with E-state index in [1.54, 1.807) is 6.07 Å². The maximum atomic E-state index is 12.6. The van der Waals surface area contributed by atoms with Crippen molar-refractivity contribution in [1.29, 1.82) is 0 Å². The molecule has 1 fully saturated rings. The van der Waals surface area contributed by atoms with Gasteiger partial charge in [0.05, 0.1) is 19.3 Å². The Kier molecular flexibility index (Phi) is 6.11. The van der Waals surface area contributed by atoms with Gasteiger partial charge >= 0.3 is 0 Å². The zero-order valence-corrected chi connectivity index (χ0v) is 16.9. The third kappa shape index (κ3) is 4.60. The van der Waals surface area contributed by atoms with Gasteiger partial charge in [-0.15, -0.1) is 0 Å². The molecule has 1 amide bonds. The molecule has 1 N–H and O–H groups in total. The van der Waals surface area contributed by atoms with Crippen molar-refractivity contribution in [2.45, 2.75) is 31.9 Å². The van der Waals surface area contributed by atoms with Crippen molar-refractivity contribution in [3.8, 4) is 0 Å². The number of carbonyl (C=O) groups is 1. The minimum Gasteiger partial charge on any atom is -0.375 e. The first-order chi connectivity index (χ1) is 14.1. The number of nitrogens with one attached hydrogen (secondary N) is 1. The fourth-order valence-electron chi connectivity index (χ4n) is 4.79. The van der Waals surface area contributed by atoms with Crippen LogP contribution in [0.25, 0.3) is 0 Å². The van der Waals surface area contributed by atoms with Gasteiger partial charge in [0.25, 0.3) is 5.56 Å². The van der Waals surface area contributed by atoms with Crippen LogP contribution in [0.2, 0.25) is 0 Å². The quantitative estimate of drug-likeness (QED) is 0.730. The third-order valence-electron chi connectivity index (χ3n) is 6.10. The largest absolute Gasteiger partial charge is 0.375 e. The maximum Gasteiger partial charge on any atom is 0.251 e. The number of benzene rings is 1. The van der Waals surface area contributed by atoms with Gasteiger partial charge in [0, 0.05) is 50.8 Å². The lowest BCUT2D eigenvalue weighted by molar-refractivity contribution is -0.119. The van der Waals surface area contributed by atoms with Gasteiger partial charge in [-0.05, 0) is 24.0 Å². The molecule has 2 bridgehead atoms. The van der Waals surface area contributed by atoms with Crippen LogP contribution in [0.5, 0.6) is 0 Å². The van der Waals surface area contributed by atoms with Crippen molar-refractivity contribution in [2.75, 3.05) is 32.8 Å². The standard InChI is InChI=1S/C23H29N3O3/c1-17(27)24-13-22-20-12-19(21-8-5-9-23(28)26(21)22)14-25(15-20)10-11-29-16-18-6-3-2-4-7-18/h2-9,19-20,22H,10-16H2,1H3,(H,24,27)/t19-,20+,22+/m1/s1. The van der Waals surface area contributed by atoms with Gasteiger partial charge < -0.3 is 19.5 Å². The number of fused-ring (bicyclic) bond motifs is 4. The van der Waals surface area contributed by atoms with Crippen LogP contribution in [0.1, 0.15) is 36.6 Å². The molecule has 6 nitrogen and oxygen atoms in total. The minimum absolute atomic E-state index is 0.00638. The fourth-order valence-corrected chi connectivity index (χ4v) is 4.79. The van der Waals surface area contributed by atoms with Gasteiger partial charge in [-0.25, -0.2) is 0 Å². The highest BCUT2D eigenvalue weighted by molar-refractivity contribution is 5.72. The second-order valence-electron chi connectivity index (χ2n) is 8.15. The number of aromatic nitrogens is 1. The summed E-state index contributed by atoms with van der Waals surface area (Å²) >= 11 is 0. The predicted octanol–water partition coefficient (Wildman–Crippen LogP) is 2.16. The maximum absolute atomic E-state index is 12.6. The van der Waals surface area contributed by atoms with E-state index < -0.39 is 0 Å². The SMILES string of the molecule is CC(=O)NC[C@H]1[C@H]2C[C@H](CN(CCOCc3ccccc3)C2)c2cccc(=O)n21. The number of likely N-dealkylation sites (tertiary alicyclic amines) is 1. The Labute approximate surface area is 171 Å². The molecule has 0 unspecified atom stereocenters. The lowest BCUT2D eigenvalue weighted by Gasteiger charge is -2.47. The van der Waals surface area contributed by atoms with E-state index in [9.17, 15) is 9.59 Å². The normalized spacial score (nSPS) is 23.4. The smallest absolute Gasteiger partial charge is 0.251 e. The number of hydrogen-bond donors (Lipinski definition) is 1. The highest BCUT2D eigenvalue weighted by atomic mass is 16.5. The van der Waals surface area contributed by atoms with Gasteiger partial charge in [-0.2, -0.15) is 0 Å². The average molecular weight is 396 g/mol. The molecule has 0 aliphatic carbocycles. The van der Waals surface area contributed by atoms with E-state index in [0.29, 0.717) is 31.6 Å². The number of rotatable bonds is 7. The molecule has 4 rings (SSSR count). The highest BCUT2D eigenvalue weighted by Crippen LogP contribution is 2.40. The molecule has 3 atom stereocenters. The first-order valence-electron chi connectivity index (χ1n) is 10.4. The monoisotopic (exact) mass is 395 g/mol. The van der Waals surface area contributed by atoms with Gasteiger partial charge in [-0.3, -0.25) is 9.59 Å². The number of carbonyl (C=O) groups excluding carboxylic acids is 1. The van der Waals surface area contributed by atoms with E-state index >= 15 is 0 Å². The summed E-state index contributed by atoms with van der Waals surface area (Å²) in [5, 5.41) is 2.93. The molecule has 29 heavy (non-hydrogen) atoms. The van der Waals surface area contributed by atoms with Gasteiger partial charge in [-0.1, -0.05) is 36.4 Å². The zero-order valence-electron chi connectivity index (χ0n) is 16.9. The summed E-state index contributed by atoms with van der Waals surface area (Å²) in [6, 6.07) is 15.8. The summed E-state index contributed by atoms with van der Waals surface area (Å²) < 4.78 is 7.81. The van der Waals surface area contributed by atoms with E-state index in [-0.39, 0.29) is 17.5 Å². The number of ether oxygens (including phenoxy) is 1. The Balaban J connectivity index is 1.42. The summed E-state index contributed by atoms with van der Waals surface area (Å²) in [7, 11) is 0. The summed E-state index contributed by atoms with van der Waals surface area (Å²) in [5.41, 5.74) is 2.32. The number of amides is 1. The molecular weight excluding hydrogens is 366 g/mol. The average Bonchev–Trinajstić information content (AvgIpc) is 2.72. The second-order valence-corrected chi connectivity index (χ2v) is 8.15. The summed E-state index contributed by atoms with van der Waals surface area (Å²) in [6.45, 7) is 6.10. The van der Waals surface area contributed by atoms with Gasteiger partial charge in [0.15, 0.2) is 0 Å². The first-order valence-corrected chi connectivity index (χ1v) is 10.4. The first kappa shape index (κ1) is 19.9. The van der Waals surface area contributed by atoms with E-state index in [0.717, 1.165) is 31.7 Å². The minimum atomic E-state index is -0.0559. The molecule has 6 heteroatoms. The number of piperidine rings is 1. The predicted molar refractivity (Wildman–Crippen MR) is 112 cm³/mol.